The Morgan fingerprint density at radius 3 is 2.31 bits per heavy atom. The average Bonchev–Trinajstić information content (AvgIpc) is 2.83. The Labute approximate surface area is 155 Å². The lowest BCUT2D eigenvalue weighted by Gasteiger charge is -2.08. The third kappa shape index (κ3) is 4.05. The van der Waals surface area contributed by atoms with Gasteiger partial charge in [-0.15, -0.1) is 0 Å². The van der Waals surface area contributed by atoms with Crippen LogP contribution in [-0.4, -0.2) is 20.3 Å². The van der Waals surface area contributed by atoms with E-state index in [9.17, 15) is 8.42 Å². The molecule has 1 heterocycles. The highest BCUT2D eigenvalue weighted by Gasteiger charge is 2.32. The molecule has 5 heteroatoms. The lowest BCUT2D eigenvalue weighted by Crippen LogP contribution is -2.25. The summed E-state index contributed by atoms with van der Waals surface area (Å²) in [5.41, 5.74) is 3.74. The van der Waals surface area contributed by atoms with E-state index in [4.69, 9.17) is 0 Å². The van der Waals surface area contributed by atoms with Crippen molar-refractivity contribution in [2.45, 2.75) is 39.7 Å². The van der Waals surface area contributed by atoms with E-state index in [1.807, 2.05) is 63.2 Å². The van der Waals surface area contributed by atoms with Gasteiger partial charge in [-0.25, -0.2) is 8.42 Å². The van der Waals surface area contributed by atoms with Crippen molar-refractivity contribution in [1.82, 2.24) is 4.72 Å². The van der Waals surface area contributed by atoms with Crippen LogP contribution >= 0.6 is 0 Å². The molecule has 0 fully saturated rings. The molecule has 3 rings (SSSR count). The van der Waals surface area contributed by atoms with E-state index < -0.39 is 10.0 Å². The summed E-state index contributed by atoms with van der Waals surface area (Å²) in [5.74, 6) is 0.459. The van der Waals surface area contributed by atoms with Crippen molar-refractivity contribution in [3.63, 3.8) is 0 Å². The predicted molar refractivity (Wildman–Crippen MR) is 107 cm³/mol. The first-order valence-electron chi connectivity index (χ1n) is 8.79. The van der Waals surface area contributed by atoms with Gasteiger partial charge in [-0.05, 0) is 44.7 Å². The summed E-state index contributed by atoms with van der Waals surface area (Å²) in [4.78, 5) is 4.95. The molecule has 0 radical (unpaired) electrons. The van der Waals surface area contributed by atoms with E-state index >= 15 is 0 Å². The van der Waals surface area contributed by atoms with E-state index in [1.54, 1.807) is 0 Å². The zero-order chi connectivity index (χ0) is 18.7. The van der Waals surface area contributed by atoms with Gasteiger partial charge >= 0.3 is 0 Å². The molecule has 0 aromatic heterocycles. The minimum Gasteiger partial charge on any atom is -0.264 e. The maximum absolute atomic E-state index is 12.6. The number of nitrogens with zero attached hydrogens (tertiary/aromatic N) is 1. The summed E-state index contributed by atoms with van der Waals surface area (Å²) in [6.07, 6.45) is 1.78. The monoisotopic (exact) mass is 368 g/mol. The molecule has 1 aliphatic rings. The van der Waals surface area contributed by atoms with Crippen LogP contribution in [0.25, 0.3) is 4.91 Å². The molecule has 0 saturated carbocycles. The van der Waals surface area contributed by atoms with Crippen molar-refractivity contribution in [3.05, 3.63) is 76.9 Å². The smallest absolute Gasteiger partial charge is 0.264 e. The average molecular weight is 369 g/mol. The van der Waals surface area contributed by atoms with Gasteiger partial charge in [0.2, 0.25) is 0 Å². The van der Waals surface area contributed by atoms with Crippen LogP contribution < -0.4 is 4.72 Å². The molecule has 4 nitrogen and oxygen atoms in total. The van der Waals surface area contributed by atoms with Crippen LogP contribution in [0.2, 0.25) is 0 Å². The fourth-order valence-corrected chi connectivity index (χ4v) is 4.58. The zero-order valence-electron chi connectivity index (χ0n) is 15.4. The van der Waals surface area contributed by atoms with Gasteiger partial charge in [-0.3, -0.25) is 9.71 Å². The van der Waals surface area contributed by atoms with Crippen LogP contribution in [0.3, 0.4) is 0 Å². The van der Waals surface area contributed by atoms with Gasteiger partial charge in [0, 0.05) is 11.6 Å². The second-order valence-electron chi connectivity index (χ2n) is 6.78. The van der Waals surface area contributed by atoms with Crippen molar-refractivity contribution in [1.29, 1.82) is 0 Å². The summed E-state index contributed by atoms with van der Waals surface area (Å²) < 4.78 is 27.8. The maximum Gasteiger partial charge on any atom is 0.264 e. The molecule has 1 N–H and O–H groups in total. The van der Waals surface area contributed by atoms with Gasteiger partial charge in [-0.2, -0.15) is 0 Å². The van der Waals surface area contributed by atoms with Gasteiger partial charge in [-0.1, -0.05) is 60.2 Å². The third-order valence-corrected chi connectivity index (χ3v) is 6.09. The fourth-order valence-electron chi connectivity index (χ4n) is 3.07. The number of aryl methyl sites for hydroxylation is 2. The van der Waals surface area contributed by atoms with Gasteiger partial charge in [0.1, 0.15) is 10.7 Å². The first-order valence-corrected chi connectivity index (χ1v) is 10.3. The number of amidine groups is 1. The van der Waals surface area contributed by atoms with E-state index in [-0.39, 0.29) is 6.04 Å². The SMILES string of the molecule is CC1=C(c2ccc(C)cc2)S(=O)(=O)NC1=NC(C)CCc1ccccc1. The molecule has 0 saturated heterocycles. The standard InChI is InChI=1S/C21H24N2O2S/c1-15-9-13-19(14-10-15)20-17(3)21(23-26(20,24)25)22-16(2)11-12-18-7-5-4-6-8-18/h4-10,13-14,16H,11-12H2,1-3H3,(H,22,23). The minimum atomic E-state index is -3.57. The third-order valence-electron chi connectivity index (χ3n) is 4.55. The van der Waals surface area contributed by atoms with Gasteiger partial charge in [0.25, 0.3) is 10.0 Å². The summed E-state index contributed by atoms with van der Waals surface area (Å²) in [6, 6.07) is 17.8. The number of nitrogens with one attached hydrogen (secondary N) is 1. The summed E-state index contributed by atoms with van der Waals surface area (Å²) >= 11 is 0. The van der Waals surface area contributed by atoms with Crippen LogP contribution in [0.1, 0.15) is 37.0 Å². The maximum atomic E-state index is 12.6. The van der Waals surface area contributed by atoms with E-state index in [1.165, 1.54) is 5.56 Å². The van der Waals surface area contributed by atoms with Crippen LogP contribution in [-0.2, 0) is 16.4 Å². The van der Waals surface area contributed by atoms with Crippen LogP contribution in [0.15, 0.2) is 65.2 Å². The Balaban J connectivity index is 1.81. The molecule has 0 amide bonds. The molecule has 2 aromatic carbocycles. The van der Waals surface area contributed by atoms with Gasteiger partial charge < -0.3 is 0 Å². The number of rotatable bonds is 5. The summed E-state index contributed by atoms with van der Waals surface area (Å²) in [5, 5.41) is 0. The fraction of sp³-hybridized carbons (Fsp3) is 0.286. The number of hydrogen-bond donors (Lipinski definition) is 1. The molecule has 0 spiro atoms. The Kier molecular flexibility index (Phi) is 5.28. The van der Waals surface area contributed by atoms with Crippen LogP contribution in [0, 0.1) is 6.92 Å². The molecule has 1 unspecified atom stereocenters. The number of benzene rings is 2. The molecule has 1 aliphatic heterocycles. The molecule has 0 bridgehead atoms. The summed E-state index contributed by atoms with van der Waals surface area (Å²) in [7, 11) is -3.57. The Hall–Kier alpha value is -2.40. The predicted octanol–water partition coefficient (Wildman–Crippen LogP) is 4.08. The lowest BCUT2D eigenvalue weighted by atomic mass is 10.1. The van der Waals surface area contributed by atoms with Crippen molar-refractivity contribution in [2.24, 2.45) is 4.99 Å². The molecular formula is C21H24N2O2S. The first kappa shape index (κ1) is 18.4. The molecule has 2 aromatic rings. The normalized spacial score (nSPS) is 18.8. The highest BCUT2D eigenvalue weighted by atomic mass is 32.2. The second kappa shape index (κ2) is 7.46. The van der Waals surface area contributed by atoms with E-state index in [0.717, 1.165) is 18.4 Å². The largest absolute Gasteiger partial charge is 0.264 e. The molecular weight excluding hydrogens is 344 g/mol. The van der Waals surface area contributed by atoms with Gasteiger partial charge in [0.15, 0.2) is 0 Å². The van der Waals surface area contributed by atoms with Gasteiger partial charge in [0.05, 0.1) is 0 Å². The Morgan fingerprint density at radius 2 is 1.65 bits per heavy atom. The lowest BCUT2D eigenvalue weighted by molar-refractivity contribution is 0.603. The Bertz CT molecular complexity index is 943. The molecule has 136 valence electrons. The Morgan fingerprint density at radius 1 is 1.00 bits per heavy atom. The minimum absolute atomic E-state index is 0.0280. The van der Waals surface area contributed by atoms with Crippen LogP contribution in [0.4, 0.5) is 0 Å². The highest BCUT2D eigenvalue weighted by Crippen LogP contribution is 2.30. The molecule has 26 heavy (non-hydrogen) atoms. The van der Waals surface area contributed by atoms with Crippen molar-refractivity contribution >= 4 is 20.8 Å². The van der Waals surface area contributed by atoms with E-state index in [0.29, 0.717) is 21.9 Å². The first-order chi connectivity index (χ1) is 12.4. The van der Waals surface area contributed by atoms with Crippen molar-refractivity contribution in [2.75, 3.05) is 0 Å². The number of hydrogen-bond acceptors (Lipinski definition) is 3. The highest BCUT2D eigenvalue weighted by molar-refractivity contribution is 8.00. The number of aliphatic imine (C=N–C) groups is 1. The molecule has 1 atom stereocenters. The van der Waals surface area contributed by atoms with Crippen molar-refractivity contribution in [3.8, 4) is 0 Å². The quantitative estimate of drug-likeness (QED) is 0.864. The van der Waals surface area contributed by atoms with E-state index in [2.05, 4.69) is 21.8 Å². The van der Waals surface area contributed by atoms with Crippen molar-refractivity contribution < 1.29 is 8.42 Å². The summed E-state index contributed by atoms with van der Waals surface area (Å²) in [6.45, 7) is 5.81. The topological polar surface area (TPSA) is 58.5 Å². The second-order valence-corrected chi connectivity index (χ2v) is 8.40. The zero-order valence-corrected chi connectivity index (χ0v) is 16.2. The van der Waals surface area contributed by atoms with Crippen LogP contribution in [0.5, 0.6) is 0 Å². The molecule has 0 aliphatic carbocycles. The number of sulfonamides is 1.